The van der Waals surface area contributed by atoms with Gasteiger partial charge in [0.2, 0.25) is 0 Å². The van der Waals surface area contributed by atoms with Crippen LogP contribution < -0.4 is 5.73 Å². The molecule has 2 aromatic heterocycles. The summed E-state index contributed by atoms with van der Waals surface area (Å²) in [7, 11) is 0. The van der Waals surface area contributed by atoms with E-state index in [2.05, 4.69) is 21.9 Å². The number of thioether (sulfide) groups is 1. The van der Waals surface area contributed by atoms with Crippen molar-refractivity contribution >= 4 is 28.7 Å². The number of imidazole rings is 1. The zero-order valence-corrected chi connectivity index (χ0v) is 13.0. The Kier molecular flexibility index (Phi) is 4.48. The SMILES string of the molecule is CCCSC[C@H]1OC(n2cnc3c(N)ncnc32)[C@H](O)[C@@H]1O. The zero-order valence-electron chi connectivity index (χ0n) is 12.2. The van der Waals surface area contributed by atoms with Crippen LogP contribution in [0.5, 0.6) is 0 Å². The van der Waals surface area contributed by atoms with Crippen LogP contribution in [0.4, 0.5) is 5.82 Å². The van der Waals surface area contributed by atoms with Crippen molar-refractivity contribution in [3.8, 4) is 0 Å². The molecule has 1 unspecified atom stereocenters. The number of nitrogens with two attached hydrogens (primary N) is 1. The number of nitrogens with zero attached hydrogens (tertiary/aromatic N) is 4. The average molecular weight is 325 g/mol. The van der Waals surface area contributed by atoms with E-state index in [4.69, 9.17) is 10.5 Å². The van der Waals surface area contributed by atoms with Gasteiger partial charge >= 0.3 is 0 Å². The normalized spacial score (nSPS) is 28.5. The van der Waals surface area contributed by atoms with Gasteiger partial charge in [-0.25, -0.2) is 15.0 Å². The molecule has 0 spiro atoms. The van der Waals surface area contributed by atoms with Crippen molar-refractivity contribution in [3.05, 3.63) is 12.7 Å². The Labute approximate surface area is 131 Å². The fraction of sp³-hybridized carbons (Fsp3) is 0.615. The van der Waals surface area contributed by atoms with Crippen LogP contribution in [0, 0.1) is 0 Å². The van der Waals surface area contributed by atoms with E-state index in [1.807, 2.05) is 0 Å². The highest BCUT2D eigenvalue weighted by atomic mass is 32.2. The van der Waals surface area contributed by atoms with Crippen LogP contribution >= 0.6 is 11.8 Å². The third kappa shape index (κ3) is 2.65. The summed E-state index contributed by atoms with van der Waals surface area (Å²) in [6.45, 7) is 2.10. The van der Waals surface area contributed by atoms with Gasteiger partial charge in [0.15, 0.2) is 17.7 Å². The molecule has 1 saturated heterocycles. The molecule has 1 aliphatic rings. The number of anilines is 1. The van der Waals surface area contributed by atoms with Gasteiger partial charge in [0.05, 0.1) is 12.4 Å². The molecule has 9 heteroatoms. The molecule has 0 bridgehead atoms. The van der Waals surface area contributed by atoms with E-state index in [-0.39, 0.29) is 5.82 Å². The third-order valence-corrected chi connectivity index (χ3v) is 4.89. The van der Waals surface area contributed by atoms with Crippen molar-refractivity contribution in [2.75, 3.05) is 17.2 Å². The summed E-state index contributed by atoms with van der Waals surface area (Å²) < 4.78 is 7.41. The molecule has 0 aromatic carbocycles. The molecule has 0 amide bonds. The van der Waals surface area contributed by atoms with Crippen LogP contribution in [-0.2, 0) is 4.74 Å². The lowest BCUT2D eigenvalue weighted by Gasteiger charge is -2.16. The second-order valence-corrected chi connectivity index (χ2v) is 6.35. The molecule has 2 aromatic rings. The number of hydrogen-bond donors (Lipinski definition) is 3. The molecule has 0 radical (unpaired) electrons. The molecule has 1 fully saturated rings. The Hall–Kier alpha value is -1.42. The quantitative estimate of drug-likeness (QED) is 0.666. The predicted octanol–water partition coefficient (Wildman–Crippen LogP) is 0.171. The van der Waals surface area contributed by atoms with Crippen LogP contribution in [0.15, 0.2) is 12.7 Å². The molecule has 4 N–H and O–H groups in total. The molecule has 22 heavy (non-hydrogen) atoms. The first kappa shape index (κ1) is 15.5. The van der Waals surface area contributed by atoms with Gasteiger partial charge in [-0.05, 0) is 12.2 Å². The van der Waals surface area contributed by atoms with E-state index < -0.39 is 24.5 Å². The van der Waals surface area contributed by atoms with Crippen LogP contribution in [0.3, 0.4) is 0 Å². The highest BCUT2D eigenvalue weighted by Crippen LogP contribution is 2.33. The molecule has 1 aliphatic heterocycles. The van der Waals surface area contributed by atoms with Crippen molar-refractivity contribution in [2.24, 2.45) is 0 Å². The number of ether oxygens (including phenoxy) is 1. The summed E-state index contributed by atoms with van der Waals surface area (Å²) in [6, 6.07) is 0. The van der Waals surface area contributed by atoms with Gasteiger partial charge in [0, 0.05) is 5.75 Å². The second kappa shape index (κ2) is 6.37. The van der Waals surface area contributed by atoms with Crippen molar-refractivity contribution in [2.45, 2.75) is 37.9 Å². The van der Waals surface area contributed by atoms with Crippen LogP contribution in [0.1, 0.15) is 19.6 Å². The Morgan fingerprint density at radius 1 is 1.32 bits per heavy atom. The summed E-state index contributed by atoms with van der Waals surface area (Å²) in [6.07, 6.45) is 0.753. The Balaban J connectivity index is 1.83. The minimum absolute atomic E-state index is 0.270. The predicted molar refractivity (Wildman–Crippen MR) is 83.3 cm³/mol. The molecule has 4 atom stereocenters. The molecule has 120 valence electrons. The molecule has 3 rings (SSSR count). The Bertz CT molecular complexity index is 652. The minimum Gasteiger partial charge on any atom is -0.387 e. The standard InChI is InChI=1S/C13H19N5O3S/c1-2-3-22-4-7-9(19)10(20)13(21-7)18-6-17-8-11(14)15-5-16-12(8)18/h5-7,9-10,13,19-20H,2-4H2,1H3,(H2,14,15,16)/t7-,9-,10-,13?/m1/s1. The van der Waals surface area contributed by atoms with E-state index in [1.54, 1.807) is 16.3 Å². The van der Waals surface area contributed by atoms with Crippen LogP contribution in [0.25, 0.3) is 11.2 Å². The molecular formula is C13H19N5O3S. The summed E-state index contributed by atoms with van der Waals surface area (Å²) in [5.41, 5.74) is 6.69. The second-order valence-electron chi connectivity index (χ2n) is 5.20. The fourth-order valence-electron chi connectivity index (χ4n) is 2.50. The van der Waals surface area contributed by atoms with Gasteiger partial charge in [-0.15, -0.1) is 0 Å². The first-order chi connectivity index (χ1) is 10.6. The van der Waals surface area contributed by atoms with Crippen LogP contribution in [0.2, 0.25) is 0 Å². The van der Waals surface area contributed by atoms with Crippen molar-refractivity contribution < 1.29 is 14.9 Å². The Morgan fingerprint density at radius 3 is 2.91 bits per heavy atom. The monoisotopic (exact) mass is 325 g/mol. The lowest BCUT2D eigenvalue weighted by Crippen LogP contribution is -2.32. The van der Waals surface area contributed by atoms with E-state index in [0.717, 1.165) is 12.2 Å². The number of aliphatic hydroxyl groups is 2. The maximum Gasteiger partial charge on any atom is 0.167 e. The number of rotatable bonds is 5. The number of aliphatic hydroxyl groups excluding tert-OH is 2. The summed E-state index contributed by atoms with van der Waals surface area (Å²) in [4.78, 5) is 12.2. The number of fused-ring (bicyclic) bond motifs is 1. The number of hydrogen-bond acceptors (Lipinski definition) is 8. The smallest absolute Gasteiger partial charge is 0.167 e. The minimum atomic E-state index is -1.04. The van der Waals surface area contributed by atoms with Crippen LogP contribution in [-0.4, -0.2) is 59.5 Å². The average Bonchev–Trinajstić information content (AvgIpc) is 3.05. The van der Waals surface area contributed by atoms with Gasteiger partial charge in [-0.2, -0.15) is 11.8 Å². The molecule has 0 saturated carbocycles. The highest BCUT2D eigenvalue weighted by molar-refractivity contribution is 7.99. The largest absolute Gasteiger partial charge is 0.387 e. The molecular weight excluding hydrogens is 306 g/mol. The van der Waals surface area contributed by atoms with E-state index in [0.29, 0.717) is 16.9 Å². The molecule has 8 nitrogen and oxygen atoms in total. The van der Waals surface area contributed by atoms with Crippen molar-refractivity contribution in [3.63, 3.8) is 0 Å². The zero-order chi connectivity index (χ0) is 15.7. The Morgan fingerprint density at radius 2 is 2.14 bits per heavy atom. The first-order valence-corrected chi connectivity index (χ1v) is 8.31. The lowest BCUT2D eigenvalue weighted by molar-refractivity contribution is -0.0289. The van der Waals surface area contributed by atoms with Gasteiger partial charge in [0.1, 0.15) is 24.1 Å². The summed E-state index contributed by atoms with van der Waals surface area (Å²) >= 11 is 1.70. The molecule has 0 aliphatic carbocycles. The summed E-state index contributed by atoms with van der Waals surface area (Å²) in [5, 5.41) is 20.5. The maximum atomic E-state index is 10.3. The van der Waals surface area contributed by atoms with E-state index in [1.165, 1.54) is 12.7 Å². The van der Waals surface area contributed by atoms with Crippen molar-refractivity contribution in [1.82, 2.24) is 19.5 Å². The maximum absolute atomic E-state index is 10.3. The lowest BCUT2D eigenvalue weighted by atomic mass is 10.1. The highest BCUT2D eigenvalue weighted by Gasteiger charge is 2.44. The van der Waals surface area contributed by atoms with E-state index in [9.17, 15) is 10.2 Å². The first-order valence-electron chi connectivity index (χ1n) is 7.15. The van der Waals surface area contributed by atoms with Gasteiger partial charge in [-0.1, -0.05) is 6.92 Å². The topological polar surface area (TPSA) is 119 Å². The number of nitrogen functional groups attached to an aromatic ring is 1. The fourth-order valence-corrected chi connectivity index (χ4v) is 3.46. The van der Waals surface area contributed by atoms with E-state index >= 15 is 0 Å². The third-order valence-electron chi connectivity index (χ3n) is 3.63. The van der Waals surface area contributed by atoms with Gasteiger partial charge < -0.3 is 20.7 Å². The van der Waals surface area contributed by atoms with Gasteiger partial charge in [-0.3, -0.25) is 4.57 Å². The summed E-state index contributed by atoms with van der Waals surface area (Å²) in [5.74, 6) is 1.89. The molecule has 3 heterocycles. The van der Waals surface area contributed by atoms with Gasteiger partial charge in [0.25, 0.3) is 0 Å². The van der Waals surface area contributed by atoms with Crippen molar-refractivity contribution in [1.29, 1.82) is 0 Å². The number of aromatic nitrogens is 4.